The van der Waals surface area contributed by atoms with Crippen LogP contribution in [0.25, 0.3) is 5.57 Å². The van der Waals surface area contributed by atoms with Crippen LogP contribution in [0.5, 0.6) is 0 Å². The molecule has 1 rings (SSSR count). The summed E-state index contributed by atoms with van der Waals surface area (Å²) in [6.07, 6.45) is 0.0520. The fourth-order valence-corrected chi connectivity index (χ4v) is 1.10. The molecule has 0 radical (unpaired) electrons. The summed E-state index contributed by atoms with van der Waals surface area (Å²) in [7, 11) is 0. The van der Waals surface area contributed by atoms with Gasteiger partial charge in [-0.3, -0.25) is 0 Å². The van der Waals surface area contributed by atoms with Gasteiger partial charge in [-0.15, -0.1) is 0 Å². The van der Waals surface area contributed by atoms with Gasteiger partial charge in [0.15, 0.2) is 0 Å². The minimum absolute atomic E-state index is 0.0520. The number of halogens is 2. The summed E-state index contributed by atoms with van der Waals surface area (Å²) in [6, 6.07) is 5.44. The molecule has 0 unspecified atom stereocenters. The third-order valence-corrected chi connectivity index (χ3v) is 1.77. The summed E-state index contributed by atoms with van der Waals surface area (Å²) in [6.45, 7) is 1.71. The zero-order chi connectivity index (χ0) is 11.3. The first-order valence-electron chi connectivity index (χ1n) is 4.43. The minimum atomic E-state index is -0.870. The lowest BCUT2D eigenvalue weighted by Crippen LogP contribution is -2.07. The van der Waals surface area contributed by atoms with E-state index in [0.717, 1.165) is 6.07 Å². The second-order valence-corrected chi connectivity index (χ2v) is 2.72. The van der Waals surface area contributed by atoms with Gasteiger partial charge in [0.2, 0.25) is 0 Å². The van der Waals surface area contributed by atoms with Gasteiger partial charge in [-0.2, -0.15) is 0 Å². The number of hydrogen-bond donors (Lipinski definition) is 0. The summed E-state index contributed by atoms with van der Waals surface area (Å²) in [5.41, 5.74) is -0.506. The molecule has 4 heteroatoms. The maximum atomic E-state index is 13.2. The van der Waals surface area contributed by atoms with E-state index in [1.54, 1.807) is 6.92 Å². The highest BCUT2D eigenvalue weighted by molar-refractivity contribution is 6.16. The van der Waals surface area contributed by atoms with Gasteiger partial charge >= 0.3 is 5.97 Å². The fraction of sp³-hybridized carbons (Fsp3) is 0.182. The van der Waals surface area contributed by atoms with Crippen molar-refractivity contribution in [2.75, 3.05) is 6.61 Å². The quantitative estimate of drug-likeness (QED) is 0.568. The Morgan fingerprint density at radius 2 is 2.13 bits per heavy atom. The predicted molar refractivity (Wildman–Crippen MR) is 52.1 cm³/mol. The van der Waals surface area contributed by atoms with Crippen LogP contribution in [0.4, 0.5) is 8.78 Å². The van der Waals surface area contributed by atoms with Crippen molar-refractivity contribution in [2.24, 2.45) is 0 Å². The number of ether oxygens (including phenoxy) is 1. The number of carbonyl (C=O) groups is 1. The Bertz CT molecular complexity index is 386. The molecule has 0 saturated heterocycles. The summed E-state index contributed by atoms with van der Waals surface area (Å²) < 4.78 is 30.3. The van der Waals surface area contributed by atoms with Crippen molar-refractivity contribution in [3.63, 3.8) is 0 Å². The maximum absolute atomic E-state index is 13.2. The first kappa shape index (κ1) is 11.4. The van der Waals surface area contributed by atoms with Crippen molar-refractivity contribution < 1.29 is 18.3 Å². The molecule has 0 atom stereocenters. The van der Waals surface area contributed by atoms with Crippen molar-refractivity contribution in [2.45, 2.75) is 6.92 Å². The Labute approximate surface area is 86.2 Å². The molecule has 0 aliphatic rings. The Kier molecular flexibility index (Phi) is 3.97. The maximum Gasteiger partial charge on any atom is 0.341 e. The molecule has 0 saturated carbocycles. The molecule has 0 aromatic heterocycles. The Morgan fingerprint density at radius 1 is 1.47 bits per heavy atom. The van der Waals surface area contributed by atoms with E-state index in [2.05, 4.69) is 4.74 Å². The van der Waals surface area contributed by atoms with Crippen molar-refractivity contribution in [1.29, 1.82) is 0 Å². The molecule has 2 nitrogen and oxygen atoms in total. The first-order chi connectivity index (χ1) is 7.20. The van der Waals surface area contributed by atoms with Crippen LogP contribution in [-0.2, 0) is 9.53 Å². The van der Waals surface area contributed by atoms with Crippen LogP contribution in [0.2, 0.25) is 0 Å². The summed E-state index contributed by atoms with van der Waals surface area (Å²) >= 11 is 0. The Hall–Kier alpha value is -1.71. The minimum Gasteiger partial charge on any atom is -0.462 e. The number of benzene rings is 1. The van der Waals surface area contributed by atoms with Crippen LogP contribution >= 0.6 is 0 Å². The second kappa shape index (κ2) is 5.24. The van der Waals surface area contributed by atoms with E-state index in [1.165, 1.54) is 18.2 Å². The van der Waals surface area contributed by atoms with Gasteiger partial charge in [0.1, 0.15) is 12.1 Å². The molecular formula is C11H10F2O2. The van der Waals surface area contributed by atoms with Gasteiger partial charge in [0.25, 0.3) is 0 Å². The zero-order valence-corrected chi connectivity index (χ0v) is 8.17. The summed E-state index contributed by atoms with van der Waals surface area (Å²) in [5, 5.41) is 0. The lowest BCUT2D eigenvalue weighted by molar-refractivity contribution is -0.136. The zero-order valence-electron chi connectivity index (χ0n) is 8.17. The Balaban J connectivity index is 3.04. The van der Waals surface area contributed by atoms with Crippen LogP contribution in [0.3, 0.4) is 0 Å². The lowest BCUT2D eigenvalue weighted by Gasteiger charge is -2.05. The van der Waals surface area contributed by atoms with E-state index in [-0.39, 0.29) is 18.5 Å². The van der Waals surface area contributed by atoms with Crippen molar-refractivity contribution in [1.82, 2.24) is 0 Å². The number of esters is 1. The molecule has 0 spiro atoms. The lowest BCUT2D eigenvalue weighted by atomic mass is 10.1. The van der Waals surface area contributed by atoms with Crippen LogP contribution in [-0.4, -0.2) is 12.6 Å². The van der Waals surface area contributed by atoms with Gasteiger partial charge in [-0.1, -0.05) is 18.2 Å². The van der Waals surface area contributed by atoms with E-state index >= 15 is 0 Å². The van der Waals surface area contributed by atoms with Gasteiger partial charge in [0, 0.05) is 5.56 Å². The first-order valence-corrected chi connectivity index (χ1v) is 4.43. The molecule has 0 aliphatic heterocycles. The third kappa shape index (κ3) is 2.62. The normalized spacial score (nSPS) is 11.3. The van der Waals surface area contributed by atoms with E-state index in [0.29, 0.717) is 0 Å². The second-order valence-electron chi connectivity index (χ2n) is 2.72. The molecular weight excluding hydrogens is 202 g/mol. The average molecular weight is 212 g/mol. The molecule has 1 aromatic rings. The highest BCUT2D eigenvalue weighted by Crippen LogP contribution is 2.19. The molecule has 0 amide bonds. The largest absolute Gasteiger partial charge is 0.462 e. The topological polar surface area (TPSA) is 26.3 Å². The van der Waals surface area contributed by atoms with Crippen LogP contribution in [0, 0.1) is 5.82 Å². The molecule has 15 heavy (non-hydrogen) atoms. The van der Waals surface area contributed by atoms with E-state index in [9.17, 15) is 13.6 Å². The summed E-state index contributed by atoms with van der Waals surface area (Å²) in [4.78, 5) is 11.2. The van der Waals surface area contributed by atoms with Crippen molar-refractivity contribution in [3.8, 4) is 0 Å². The molecule has 1 aromatic carbocycles. The van der Waals surface area contributed by atoms with Gasteiger partial charge < -0.3 is 4.74 Å². The standard InChI is InChI=1S/C11H10F2O2/c1-2-15-11(14)9(7-12)8-5-3-4-6-10(8)13/h3-7H,2H2,1H3. The Morgan fingerprint density at radius 3 is 2.67 bits per heavy atom. The van der Waals surface area contributed by atoms with E-state index in [4.69, 9.17) is 0 Å². The molecule has 0 aliphatic carbocycles. The summed E-state index contributed by atoms with van der Waals surface area (Å²) in [5.74, 6) is -1.53. The van der Waals surface area contributed by atoms with Crippen LogP contribution < -0.4 is 0 Å². The van der Waals surface area contributed by atoms with Crippen LogP contribution in [0.1, 0.15) is 12.5 Å². The molecule has 80 valence electrons. The number of rotatable bonds is 3. The predicted octanol–water partition coefficient (Wildman–Crippen LogP) is 2.70. The smallest absolute Gasteiger partial charge is 0.341 e. The van der Waals surface area contributed by atoms with Gasteiger partial charge in [-0.05, 0) is 13.0 Å². The van der Waals surface area contributed by atoms with Crippen LogP contribution in [0.15, 0.2) is 30.6 Å². The van der Waals surface area contributed by atoms with Crippen molar-refractivity contribution in [3.05, 3.63) is 42.0 Å². The third-order valence-electron chi connectivity index (χ3n) is 1.77. The van der Waals surface area contributed by atoms with E-state index in [1.807, 2.05) is 0 Å². The van der Waals surface area contributed by atoms with Crippen molar-refractivity contribution >= 4 is 11.5 Å². The average Bonchev–Trinajstić information content (AvgIpc) is 2.22. The van der Waals surface area contributed by atoms with Gasteiger partial charge in [0.05, 0.1) is 12.2 Å². The fourth-order valence-electron chi connectivity index (χ4n) is 1.10. The van der Waals surface area contributed by atoms with E-state index < -0.39 is 17.4 Å². The molecule has 0 N–H and O–H groups in total. The number of hydrogen-bond acceptors (Lipinski definition) is 2. The molecule has 0 fully saturated rings. The highest BCUT2D eigenvalue weighted by Gasteiger charge is 2.16. The highest BCUT2D eigenvalue weighted by atomic mass is 19.1. The molecule has 0 bridgehead atoms. The SMILES string of the molecule is CCOC(=O)C(=CF)c1ccccc1F. The monoisotopic (exact) mass is 212 g/mol. The van der Waals surface area contributed by atoms with Gasteiger partial charge in [-0.25, -0.2) is 13.6 Å². The number of carbonyl (C=O) groups excluding carboxylic acids is 1. The molecule has 0 heterocycles.